The lowest BCUT2D eigenvalue weighted by atomic mass is 9.97. The van der Waals surface area contributed by atoms with Crippen LogP contribution < -0.4 is 4.90 Å². The summed E-state index contributed by atoms with van der Waals surface area (Å²) in [5.41, 5.74) is 1.73. The number of benzene rings is 1. The first-order valence-corrected chi connectivity index (χ1v) is 10.5. The van der Waals surface area contributed by atoms with Crippen molar-refractivity contribution in [3.63, 3.8) is 0 Å². The second-order valence-corrected chi connectivity index (χ2v) is 8.16. The van der Waals surface area contributed by atoms with Crippen molar-refractivity contribution in [2.45, 2.75) is 44.8 Å². The van der Waals surface area contributed by atoms with Crippen molar-refractivity contribution in [3.8, 4) is 0 Å². The smallest absolute Gasteiger partial charge is 0.298 e. The molecule has 2 aliphatic heterocycles. The first-order chi connectivity index (χ1) is 14.2. The van der Waals surface area contributed by atoms with Crippen molar-refractivity contribution in [2.24, 2.45) is 0 Å². The fourth-order valence-corrected chi connectivity index (χ4v) is 4.15. The molecule has 2 aromatic heterocycles. The molecule has 8 nitrogen and oxygen atoms in total. The molecule has 5 rings (SSSR count). The van der Waals surface area contributed by atoms with E-state index in [4.69, 9.17) is 18.7 Å². The molecule has 1 atom stereocenters. The summed E-state index contributed by atoms with van der Waals surface area (Å²) in [4.78, 5) is 13.9. The summed E-state index contributed by atoms with van der Waals surface area (Å²) in [6, 6.07) is 9.05. The first-order valence-electron chi connectivity index (χ1n) is 10.5. The van der Waals surface area contributed by atoms with Gasteiger partial charge in [-0.3, -0.25) is 4.90 Å². The minimum Gasteiger partial charge on any atom is -0.423 e. The number of hydrogen-bond donors (Lipinski definition) is 0. The minimum absolute atomic E-state index is 0.108. The molecule has 0 aliphatic carbocycles. The summed E-state index contributed by atoms with van der Waals surface area (Å²) < 4.78 is 17.4. The highest BCUT2D eigenvalue weighted by atomic mass is 16.5. The zero-order valence-electron chi connectivity index (χ0n) is 17.0. The minimum atomic E-state index is -0.108. The molecular formula is C21H27N5O3. The van der Waals surface area contributed by atoms with Gasteiger partial charge in [0.15, 0.2) is 5.58 Å². The number of piperidine rings is 1. The molecule has 0 N–H and O–H groups in total. The Kier molecular flexibility index (Phi) is 4.97. The lowest BCUT2D eigenvalue weighted by molar-refractivity contribution is -0.0450. The molecule has 4 heterocycles. The van der Waals surface area contributed by atoms with Crippen molar-refractivity contribution < 1.29 is 13.7 Å². The number of nitrogens with zero attached hydrogens (tertiary/aromatic N) is 5. The molecule has 2 fully saturated rings. The Bertz CT molecular complexity index is 927. The van der Waals surface area contributed by atoms with E-state index in [9.17, 15) is 0 Å². The summed E-state index contributed by atoms with van der Waals surface area (Å²) in [6.45, 7) is 8.59. The van der Waals surface area contributed by atoms with Gasteiger partial charge in [0.05, 0.1) is 6.61 Å². The van der Waals surface area contributed by atoms with E-state index in [0.717, 1.165) is 56.0 Å². The number of oxazole rings is 1. The van der Waals surface area contributed by atoms with Crippen LogP contribution in [0.4, 0.5) is 6.01 Å². The monoisotopic (exact) mass is 397 g/mol. The average molecular weight is 397 g/mol. The Balaban J connectivity index is 1.22. The van der Waals surface area contributed by atoms with E-state index in [0.29, 0.717) is 24.5 Å². The van der Waals surface area contributed by atoms with Crippen molar-refractivity contribution in [1.82, 2.24) is 20.0 Å². The highest BCUT2D eigenvalue weighted by molar-refractivity contribution is 5.74. The van der Waals surface area contributed by atoms with Crippen LogP contribution in [0.25, 0.3) is 11.1 Å². The number of hydrogen-bond acceptors (Lipinski definition) is 8. The summed E-state index contributed by atoms with van der Waals surface area (Å²) in [7, 11) is 0. The van der Waals surface area contributed by atoms with Gasteiger partial charge in [-0.25, -0.2) is 0 Å². The molecule has 154 valence electrons. The molecular weight excluding hydrogens is 370 g/mol. The third kappa shape index (κ3) is 3.74. The predicted octanol–water partition coefficient (Wildman–Crippen LogP) is 3.38. The number of ether oxygens (including phenoxy) is 1. The molecule has 1 aromatic carbocycles. The summed E-state index contributed by atoms with van der Waals surface area (Å²) in [5, 5.41) is 4.23. The van der Waals surface area contributed by atoms with Gasteiger partial charge in [-0.2, -0.15) is 9.97 Å². The highest BCUT2D eigenvalue weighted by Crippen LogP contribution is 2.32. The predicted molar refractivity (Wildman–Crippen MR) is 108 cm³/mol. The van der Waals surface area contributed by atoms with Crippen LogP contribution in [0.2, 0.25) is 0 Å². The maximum absolute atomic E-state index is 5.90. The van der Waals surface area contributed by atoms with Gasteiger partial charge in [0.2, 0.25) is 11.7 Å². The Morgan fingerprint density at radius 3 is 2.69 bits per heavy atom. The molecule has 29 heavy (non-hydrogen) atoms. The van der Waals surface area contributed by atoms with Crippen LogP contribution in [-0.2, 0) is 4.74 Å². The van der Waals surface area contributed by atoms with Gasteiger partial charge in [0.1, 0.15) is 11.6 Å². The summed E-state index contributed by atoms with van der Waals surface area (Å²) in [5.74, 6) is 1.66. The second kappa shape index (κ2) is 7.76. The largest absolute Gasteiger partial charge is 0.423 e. The number of aromatic nitrogens is 3. The topological polar surface area (TPSA) is 80.7 Å². The SMILES string of the molecule is CC(C)N1CCO[C@@H](c2noc(C3CCN(c4nc5ccccc5o4)CC3)n2)C1. The highest BCUT2D eigenvalue weighted by Gasteiger charge is 2.31. The van der Waals surface area contributed by atoms with Gasteiger partial charge < -0.3 is 18.6 Å². The Morgan fingerprint density at radius 1 is 1.07 bits per heavy atom. The van der Waals surface area contributed by atoms with Crippen LogP contribution in [0.15, 0.2) is 33.2 Å². The standard InChI is InChI=1S/C21H27N5O3/c1-14(2)26-11-12-27-18(13-26)19-23-20(29-24-19)15-7-9-25(10-8-15)21-22-16-5-3-4-6-17(16)28-21/h3-6,14-15,18H,7-13H2,1-2H3/t18-/m1/s1. The molecule has 0 bridgehead atoms. The third-order valence-corrected chi connectivity index (χ3v) is 5.97. The van der Waals surface area contributed by atoms with E-state index in [1.165, 1.54) is 0 Å². The second-order valence-electron chi connectivity index (χ2n) is 8.16. The van der Waals surface area contributed by atoms with Crippen LogP contribution in [0, 0.1) is 0 Å². The molecule has 2 saturated heterocycles. The Hall–Kier alpha value is -2.45. The fraction of sp³-hybridized carbons (Fsp3) is 0.571. The average Bonchev–Trinajstić information content (AvgIpc) is 3.41. The van der Waals surface area contributed by atoms with Crippen LogP contribution in [0.1, 0.15) is 50.4 Å². The molecule has 3 aromatic rings. The quantitative estimate of drug-likeness (QED) is 0.663. The van der Waals surface area contributed by atoms with E-state index in [1.807, 2.05) is 24.3 Å². The molecule has 8 heteroatoms. The van der Waals surface area contributed by atoms with Gasteiger partial charge in [-0.05, 0) is 38.8 Å². The van der Waals surface area contributed by atoms with E-state index >= 15 is 0 Å². The number of fused-ring (bicyclic) bond motifs is 1. The molecule has 0 spiro atoms. The Labute approximate surface area is 169 Å². The molecule has 0 radical (unpaired) electrons. The molecule has 0 saturated carbocycles. The van der Waals surface area contributed by atoms with Gasteiger partial charge in [0, 0.05) is 38.1 Å². The Morgan fingerprint density at radius 2 is 1.90 bits per heavy atom. The van der Waals surface area contributed by atoms with E-state index in [-0.39, 0.29) is 12.0 Å². The first kappa shape index (κ1) is 18.6. The molecule has 0 unspecified atom stereocenters. The van der Waals surface area contributed by atoms with Crippen molar-refractivity contribution in [1.29, 1.82) is 0 Å². The maximum atomic E-state index is 5.90. The van der Waals surface area contributed by atoms with Crippen LogP contribution in [0.5, 0.6) is 0 Å². The van der Waals surface area contributed by atoms with E-state index in [1.54, 1.807) is 0 Å². The number of para-hydroxylation sites is 2. The van der Waals surface area contributed by atoms with Gasteiger partial charge in [-0.1, -0.05) is 17.3 Å². The van der Waals surface area contributed by atoms with Crippen molar-refractivity contribution in [3.05, 3.63) is 36.0 Å². The summed E-state index contributed by atoms with van der Waals surface area (Å²) in [6.07, 6.45) is 1.76. The van der Waals surface area contributed by atoms with Crippen LogP contribution >= 0.6 is 0 Å². The zero-order valence-corrected chi connectivity index (χ0v) is 17.0. The van der Waals surface area contributed by atoms with Gasteiger partial charge >= 0.3 is 0 Å². The van der Waals surface area contributed by atoms with Gasteiger partial charge in [-0.15, -0.1) is 0 Å². The van der Waals surface area contributed by atoms with E-state index in [2.05, 4.69) is 33.8 Å². The lowest BCUT2D eigenvalue weighted by Gasteiger charge is -2.34. The van der Waals surface area contributed by atoms with Gasteiger partial charge in [0.25, 0.3) is 6.01 Å². The zero-order chi connectivity index (χ0) is 19.8. The van der Waals surface area contributed by atoms with Crippen LogP contribution in [0.3, 0.4) is 0 Å². The number of rotatable bonds is 4. The third-order valence-electron chi connectivity index (χ3n) is 5.97. The molecule has 0 amide bonds. The van der Waals surface area contributed by atoms with Crippen molar-refractivity contribution >= 4 is 17.1 Å². The lowest BCUT2D eigenvalue weighted by Crippen LogP contribution is -2.42. The number of anilines is 1. The van der Waals surface area contributed by atoms with Crippen molar-refractivity contribution in [2.75, 3.05) is 37.7 Å². The summed E-state index contributed by atoms with van der Waals surface area (Å²) >= 11 is 0. The van der Waals surface area contributed by atoms with E-state index < -0.39 is 0 Å². The van der Waals surface area contributed by atoms with Crippen LogP contribution in [-0.4, -0.2) is 58.9 Å². The number of morpholine rings is 1. The fourth-order valence-electron chi connectivity index (χ4n) is 4.15. The maximum Gasteiger partial charge on any atom is 0.298 e. The molecule has 2 aliphatic rings. The normalized spacial score (nSPS) is 22.0.